The third kappa shape index (κ3) is 1.88. The standard InChI is InChI=1S/C17H24N2O2/c1-10-7-18-8-15(10)16(21)19-17(9-20)13-3-11-2-12(5-13)6-14(17)4-11/h7-8,11-14,18,20H,2-6,9H2,1H3,(H,19,21). The molecule has 4 bridgehead atoms. The minimum atomic E-state index is -0.381. The molecule has 0 aromatic carbocycles. The van der Waals surface area contributed by atoms with Crippen molar-refractivity contribution in [1.29, 1.82) is 0 Å². The molecule has 4 nitrogen and oxygen atoms in total. The summed E-state index contributed by atoms with van der Waals surface area (Å²) in [6, 6.07) is 0. The first-order valence-corrected chi connectivity index (χ1v) is 8.19. The first kappa shape index (κ1) is 13.4. The maximum Gasteiger partial charge on any atom is 0.253 e. The van der Waals surface area contributed by atoms with Gasteiger partial charge in [0.1, 0.15) is 0 Å². The number of aryl methyl sites for hydroxylation is 1. The van der Waals surface area contributed by atoms with Gasteiger partial charge < -0.3 is 15.4 Å². The van der Waals surface area contributed by atoms with Gasteiger partial charge in [-0.05, 0) is 68.3 Å². The first-order chi connectivity index (χ1) is 10.1. The van der Waals surface area contributed by atoms with Crippen LogP contribution in [-0.2, 0) is 0 Å². The van der Waals surface area contributed by atoms with Crippen molar-refractivity contribution in [3.05, 3.63) is 23.5 Å². The Morgan fingerprint density at radius 1 is 1.24 bits per heavy atom. The van der Waals surface area contributed by atoms with Gasteiger partial charge in [-0.3, -0.25) is 4.79 Å². The van der Waals surface area contributed by atoms with Gasteiger partial charge in [0, 0.05) is 12.4 Å². The lowest BCUT2D eigenvalue weighted by atomic mass is 9.48. The largest absolute Gasteiger partial charge is 0.394 e. The lowest BCUT2D eigenvalue weighted by Gasteiger charge is -2.60. The predicted molar refractivity (Wildman–Crippen MR) is 79.9 cm³/mol. The fourth-order valence-electron chi connectivity index (χ4n) is 5.49. The van der Waals surface area contributed by atoms with Crippen molar-refractivity contribution in [3.8, 4) is 0 Å². The topological polar surface area (TPSA) is 65.1 Å². The molecule has 114 valence electrons. The number of rotatable bonds is 3. The number of H-pyrrole nitrogens is 1. The van der Waals surface area contributed by atoms with E-state index in [9.17, 15) is 9.90 Å². The molecule has 0 unspecified atom stereocenters. The fourth-order valence-corrected chi connectivity index (χ4v) is 5.49. The van der Waals surface area contributed by atoms with Crippen LogP contribution in [0.1, 0.15) is 48.0 Å². The molecular formula is C17H24N2O2. The lowest BCUT2D eigenvalue weighted by Crippen LogP contribution is -2.68. The highest BCUT2D eigenvalue weighted by Gasteiger charge is 2.57. The van der Waals surface area contributed by atoms with Crippen molar-refractivity contribution in [2.75, 3.05) is 6.61 Å². The van der Waals surface area contributed by atoms with Crippen LogP contribution in [0.3, 0.4) is 0 Å². The maximum absolute atomic E-state index is 12.6. The number of aliphatic hydroxyl groups is 1. The van der Waals surface area contributed by atoms with Crippen molar-refractivity contribution < 1.29 is 9.90 Å². The highest BCUT2D eigenvalue weighted by Crippen LogP contribution is 2.58. The van der Waals surface area contributed by atoms with E-state index in [1.807, 2.05) is 13.1 Å². The molecule has 4 fully saturated rings. The zero-order valence-electron chi connectivity index (χ0n) is 12.6. The van der Waals surface area contributed by atoms with Crippen LogP contribution in [0.2, 0.25) is 0 Å². The molecule has 3 N–H and O–H groups in total. The summed E-state index contributed by atoms with van der Waals surface area (Å²) >= 11 is 0. The third-order valence-electron chi connectivity index (χ3n) is 6.40. The summed E-state index contributed by atoms with van der Waals surface area (Å²) in [5, 5.41) is 13.4. The summed E-state index contributed by atoms with van der Waals surface area (Å²) in [5.41, 5.74) is 1.29. The number of carbonyl (C=O) groups is 1. The van der Waals surface area contributed by atoms with E-state index in [2.05, 4.69) is 10.3 Å². The molecule has 0 aliphatic heterocycles. The van der Waals surface area contributed by atoms with E-state index in [0.29, 0.717) is 17.4 Å². The van der Waals surface area contributed by atoms with E-state index in [-0.39, 0.29) is 18.1 Å². The molecule has 1 amide bonds. The quantitative estimate of drug-likeness (QED) is 0.798. The highest BCUT2D eigenvalue weighted by molar-refractivity contribution is 5.96. The van der Waals surface area contributed by atoms with Crippen LogP contribution in [0.15, 0.2) is 12.4 Å². The van der Waals surface area contributed by atoms with Gasteiger partial charge in [-0.15, -0.1) is 0 Å². The number of aliphatic hydroxyl groups excluding tert-OH is 1. The smallest absolute Gasteiger partial charge is 0.253 e. The molecule has 0 atom stereocenters. The van der Waals surface area contributed by atoms with E-state index < -0.39 is 0 Å². The second kappa shape index (κ2) is 4.60. The number of hydrogen-bond acceptors (Lipinski definition) is 2. The van der Waals surface area contributed by atoms with Gasteiger partial charge in [-0.1, -0.05) is 0 Å². The minimum Gasteiger partial charge on any atom is -0.394 e. The Morgan fingerprint density at radius 3 is 2.33 bits per heavy atom. The normalized spacial score (nSPS) is 40.5. The van der Waals surface area contributed by atoms with Crippen molar-refractivity contribution >= 4 is 5.91 Å². The number of nitrogens with one attached hydrogen (secondary N) is 2. The summed E-state index contributed by atoms with van der Waals surface area (Å²) < 4.78 is 0. The van der Waals surface area contributed by atoms with Crippen LogP contribution in [-0.4, -0.2) is 28.1 Å². The fraction of sp³-hybridized carbons (Fsp3) is 0.706. The molecule has 21 heavy (non-hydrogen) atoms. The average Bonchev–Trinajstić information content (AvgIpc) is 2.88. The minimum absolute atomic E-state index is 0.0322. The van der Waals surface area contributed by atoms with Crippen LogP contribution in [0.5, 0.6) is 0 Å². The Bertz CT molecular complexity index is 535. The third-order valence-corrected chi connectivity index (χ3v) is 6.40. The van der Waals surface area contributed by atoms with Crippen LogP contribution in [0.25, 0.3) is 0 Å². The molecule has 0 saturated heterocycles. The number of carbonyl (C=O) groups excluding carboxylic acids is 1. The Kier molecular flexibility index (Phi) is 2.93. The van der Waals surface area contributed by atoms with Gasteiger partial charge in [-0.2, -0.15) is 0 Å². The Balaban J connectivity index is 1.62. The van der Waals surface area contributed by atoms with Gasteiger partial charge in [0.05, 0.1) is 17.7 Å². The Labute approximate surface area is 125 Å². The van der Waals surface area contributed by atoms with E-state index in [1.54, 1.807) is 6.20 Å². The number of amides is 1. The summed E-state index contributed by atoms with van der Waals surface area (Å²) in [4.78, 5) is 15.6. The average molecular weight is 288 g/mol. The van der Waals surface area contributed by atoms with Crippen LogP contribution in [0, 0.1) is 30.6 Å². The monoisotopic (exact) mass is 288 g/mol. The van der Waals surface area contributed by atoms with Crippen molar-refractivity contribution in [3.63, 3.8) is 0 Å². The summed E-state index contributed by atoms with van der Waals surface area (Å²) in [6.07, 6.45) is 9.70. The Hall–Kier alpha value is -1.29. The van der Waals surface area contributed by atoms with Crippen LogP contribution in [0.4, 0.5) is 0 Å². The Morgan fingerprint density at radius 2 is 1.86 bits per heavy atom. The van der Waals surface area contributed by atoms with E-state index in [1.165, 1.54) is 32.1 Å². The first-order valence-electron chi connectivity index (χ1n) is 8.19. The molecule has 4 aliphatic carbocycles. The van der Waals surface area contributed by atoms with E-state index in [4.69, 9.17) is 0 Å². The number of aromatic nitrogens is 1. The second-order valence-electron chi connectivity index (χ2n) is 7.51. The highest BCUT2D eigenvalue weighted by atomic mass is 16.3. The second-order valence-corrected chi connectivity index (χ2v) is 7.51. The van der Waals surface area contributed by atoms with Gasteiger partial charge >= 0.3 is 0 Å². The van der Waals surface area contributed by atoms with E-state index in [0.717, 1.165) is 17.4 Å². The van der Waals surface area contributed by atoms with Crippen molar-refractivity contribution in [1.82, 2.24) is 10.3 Å². The molecule has 4 heteroatoms. The number of aromatic amines is 1. The molecule has 4 saturated carbocycles. The van der Waals surface area contributed by atoms with Gasteiger partial charge in [0.25, 0.3) is 5.91 Å². The summed E-state index contributed by atoms with van der Waals surface area (Å²) in [5.74, 6) is 2.55. The lowest BCUT2D eigenvalue weighted by molar-refractivity contribution is -0.0903. The van der Waals surface area contributed by atoms with Crippen molar-refractivity contribution in [2.45, 2.75) is 44.6 Å². The summed E-state index contributed by atoms with van der Waals surface area (Å²) in [6.45, 7) is 2.02. The summed E-state index contributed by atoms with van der Waals surface area (Å²) in [7, 11) is 0. The predicted octanol–water partition coefficient (Wildman–Crippen LogP) is 2.24. The van der Waals surface area contributed by atoms with Crippen LogP contribution >= 0.6 is 0 Å². The number of hydrogen-bond donors (Lipinski definition) is 3. The zero-order valence-corrected chi connectivity index (χ0v) is 12.6. The molecule has 5 rings (SSSR count). The molecule has 1 heterocycles. The van der Waals surface area contributed by atoms with Gasteiger partial charge in [0.2, 0.25) is 0 Å². The van der Waals surface area contributed by atoms with E-state index >= 15 is 0 Å². The van der Waals surface area contributed by atoms with Crippen LogP contribution < -0.4 is 5.32 Å². The molecule has 4 aliphatic rings. The molecular weight excluding hydrogens is 264 g/mol. The molecule has 1 aromatic rings. The van der Waals surface area contributed by atoms with Gasteiger partial charge in [0.15, 0.2) is 0 Å². The molecule has 0 spiro atoms. The molecule has 1 aromatic heterocycles. The van der Waals surface area contributed by atoms with Gasteiger partial charge in [-0.25, -0.2) is 0 Å². The SMILES string of the molecule is Cc1c[nH]cc1C(=O)NC1(CO)C2CC3CC(C2)CC1C3. The van der Waals surface area contributed by atoms with Crippen molar-refractivity contribution in [2.24, 2.45) is 23.7 Å². The maximum atomic E-state index is 12.6. The molecule has 0 radical (unpaired) electrons. The zero-order chi connectivity index (χ0) is 14.6.